The van der Waals surface area contributed by atoms with Crippen molar-refractivity contribution in [2.45, 2.75) is 52.0 Å². The van der Waals surface area contributed by atoms with Crippen molar-refractivity contribution in [3.63, 3.8) is 0 Å². The molecule has 0 aromatic carbocycles. The molecule has 1 saturated heterocycles. The molecule has 1 amide bonds. The van der Waals surface area contributed by atoms with E-state index in [4.69, 9.17) is 4.74 Å². The van der Waals surface area contributed by atoms with Gasteiger partial charge in [-0.3, -0.25) is 14.4 Å². The average Bonchev–Trinajstić information content (AvgIpc) is 2.94. The molecule has 1 N–H and O–H groups in total. The van der Waals surface area contributed by atoms with Gasteiger partial charge in [0.2, 0.25) is 5.91 Å². The minimum atomic E-state index is 0.0479. The number of morpholine rings is 1. The predicted octanol–water partition coefficient (Wildman–Crippen LogP) is 0.282. The van der Waals surface area contributed by atoms with Crippen molar-refractivity contribution >= 4 is 5.91 Å². The number of carbonyl (C=O) groups is 1. The first-order valence-electron chi connectivity index (χ1n) is 7.53. The number of ether oxygens (including phenoxy) is 1. The van der Waals surface area contributed by atoms with Gasteiger partial charge in [0.1, 0.15) is 12.7 Å². The molecule has 1 aromatic heterocycles. The van der Waals surface area contributed by atoms with Gasteiger partial charge in [-0.25, -0.2) is 4.98 Å². The Kier molecular flexibility index (Phi) is 5.69. The van der Waals surface area contributed by atoms with E-state index in [9.17, 15) is 4.79 Å². The van der Waals surface area contributed by atoms with E-state index in [1.807, 2.05) is 0 Å². The topological polar surface area (TPSA) is 72.3 Å². The summed E-state index contributed by atoms with van der Waals surface area (Å²) in [5.41, 5.74) is 0. The Morgan fingerprint density at radius 1 is 1.43 bits per heavy atom. The maximum absolute atomic E-state index is 11.8. The number of rotatable bonds is 6. The summed E-state index contributed by atoms with van der Waals surface area (Å²) in [5.74, 6) is 0.0479. The van der Waals surface area contributed by atoms with Gasteiger partial charge in [0.25, 0.3) is 0 Å². The molecule has 3 unspecified atom stereocenters. The molecule has 1 aromatic rings. The van der Waals surface area contributed by atoms with E-state index in [1.54, 1.807) is 11.0 Å². The van der Waals surface area contributed by atoms with Gasteiger partial charge in [-0.2, -0.15) is 5.10 Å². The molecule has 21 heavy (non-hydrogen) atoms. The number of nitrogens with one attached hydrogen (secondary N) is 1. The first kappa shape index (κ1) is 15.9. The summed E-state index contributed by atoms with van der Waals surface area (Å²) in [4.78, 5) is 18.1. The molecule has 3 atom stereocenters. The Labute approximate surface area is 125 Å². The molecule has 0 bridgehead atoms. The minimum absolute atomic E-state index is 0.0479. The zero-order valence-corrected chi connectivity index (χ0v) is 13.0. The third kappa shape index (κ3) is 5.09. The second-order valence-corrected chi connectivity index (χ2v) is 5.77. The monoisotopic (exact) mass is 295 g/mol. The predicted molar refractivity (Wildman–Crippen MR) is 78.7 cm³/mol. The van der Waals surface area contributed by atoms with Gasteiger partial charge in [-0.05, 0) is 20.8 Å². The van der Waals surface area contributed by atoms with Crippen molar-refractivity contribution in [1.82, 2.24) is 25.0 Å². The standard InChI is InChI=1S/C14H25N5O2/c1-11(18-7-12(2)21-13(3)8-18)6-16-14(20)4-5-19-10-15-9-17-19/h9-13H,4-8H2,1-3H3,(H,16,20). The van der Waals surface area contributed by atoms with Crippen LogP contribution in [0, 0.1) is 0 Å². The molecule has 2 rings (SSSR count). The Bertz CT molecular complexity index is 427. The molecular formula is C14H25N5O2. The van der Waals surface area contributed by atoms with Crippen molar-refractivity contribution in [3.05, 3.63) is 12.7 Å². The Morgan fingerprint density at radius 3 is 2.76 bits per heavy atom. The molecule has 1 aliphatic heterocycles. The molecule has 0 saturated carbocycles. The highest BCUT2D eigenvalue weighted by Gasteiger charge is 2.25. The minimum Gasteiger partial charge on any atom is -0.373 e. The zero-order chi connectivity index (χ0) is 15.2. The lowest BCUT2D eigenvalue weighted by Crippen LogP contribution is -2.52. The van der Waals surface area contributed by atoms with Crippen LogP contribution in [0.15, 0.2) is 12.7 Å². The van der Waals surface area contributed by atoms with Crippen LogP contribution in [0.3, 0.4) is 0 Å². The maximum atomic E-state index is 11.8. The fraction of sp³-hybridized carbons (Fsp3) is 0.786. The highest BCUT2D eigenvalue weighted by molar-refractivity contribution is 5.75. The maximum Gasteiger partial charge on any atom is 0.221 e. The van der Waals surface area contributed by atoms with Crippen LogP contribution in [-0.4, -0.2) is 63.5 Å². The van der Waals surface area contributed by atoms with Gasteiger partial charge in [-0.1, -0.05) is 0 Å². The Morgan fingerprint density at radius 2 is 2.14 bits per heavy atom. The van der Waals surface area contributed by atoms with Crippen molar-refractivity contribution in [2.75, 3.05) is 19.6 Å². The Balaban J connectivity index is 1.68. The third-order valence-corrected chi connectivity index (χ3v) is 3.70. The molecule has 7 heteroatoms. The van der Waals surface area contributed by atoms with E-state index in [2.05, 4.69) is 41.1 Å². The number of nitrogens with zero attached hydrogens (tertiary/aromatic N) is 4. The normalized spacial score (nSPS) is 24.7. The van der Waals surface area contributed by atoms with Crippen LogP contribution in [-0.2, 0) is 16.1 Å². The summed E-state index contributed by atoms with van der Waals surface area (Å²) >= 11 is 0. The summed E-state index contributed by atoms with van der Waals surface area (Å²) in [7, 11) is 0. The van der Waals surface area contributed by atoms with E-state index in [-0.39, 0.29) is 18.1 Å². The number of aryl methyl sites for hydroxylation is 1. The van der Waals surface area contributed by atoms with Crippen LogP contribution >= 0.6 is 0 Å². The fourth-order valence-electron chi connectivity index (χ4n) is 2.62. The van der Waals surface area contributed by atoms with E-state index in [0.29, 0.717) is 25.6 Å². The summed E-state index contributed by atoms with van der Waals surface area (Å²) in [6, 6.07) is 0.314. The summed E-state index contributed by atoms with van der Waals surface area (Å²) in [5, 5.41) is 6.97. The lowest BCUT2D eigenvalue weighted by molar-refractivity contribution is -0.122. The highest BCUT2D eigenvalue weighted by atomic mass is 16.5. The number of carbonyl (C=O) groups excluding carboxylic acids is 1. The van der Waals surface area contributed by atoms with Crippen LogP contribution < -0.4 is 5.32 Å². The summed E-state index contributed by atoms with van der Waals surface area (Å²) in [6.45, 7) is 9.38. The van der Waals surface area contributed by atoms with Gasteiger partial charge in [0.05, 0.1) is 18.8 Å². The molecule has 0 spiro atoms. The molecule has 7 nitrogen and oxygen atoms in total. The zero-order valence-electron chi connectivity index (χ0n) is 13.0. The van der Waals surface area contributed by atoms with Crippen LogP contribution in [0.2, 0.25) is 0 Å². The first-order chi connectivity index (χ1) is 10.0. The molecular weight excluding hydrogens is 270 g/mol. The quantitative estimate of drug-likeness (QED) is 0.816. The van der Waals surface area contributed by atoms with E-state index >= 15 is 0 Å². The van der Waals surface area contributed by atoms with E-state index < -0.39 is 0 Å². The van der Waals surface area contributed by atoms with Crippen LogP contribution in [0.25, 0.3) is 0 Å². The Hall–Kier alpha value is -1.47. The van der Waals surface area contributed by atoms with Crippen LogP contribution in [0.4, 0.5) is 0 Å². The van der Waals surface area contributed by atoms with Crippen LogP contribution in [0.1, 0.15) is 27.2 Å². The second-order valence-electron chi connectivity index (χ2n) is 5.77. The molecule has 0 aliphatic carbocycles. The average molecular weight is 295 g/mol. The van der Waals surface area contributed by atoms with Gasteiger partial charge in [0, 0.05) is 32.1 Å². The fourth-order valence-corrected chi connectivity index (χ4v) is 2.62. The van der Waals surface area contributed by atoms with Crippen molar-refractivity contribution < 1.29 is 9.53 Å². The van der Waals surface area contributed by atoms with Crippen LogP contribution in [0.5, 0.6) is 0 Å². The lowest BCUT2D eigenvalue weighted by atomic mass is 10.1. The second kappa shape index (κ2) is 7.51. The lowest BCUT2D eigenvalue weighted by Gasteiger charge is -2.39. The summed E-state index contributed by atoms with van der Waals surface area (Å²) < 4.78 is 7.39. The van der Waals surface area contributed by atoms with Crippen molar-refractivity contribution in [1.29, 1.82) is 0 Å². The van der Waals surface area contributed by atoms with Gasteiger partial charge >= 0.3 is 0 Å². The highest BCUT2D eigenvalue weighted by Crippen LogP contribution is 2.13. The summed E-state index contributed by atoms with van der Waals surface area (Å²) in [6.07, 6.45) is 4.01. The van der Waals surface area contributed by atoms with E-state index in [1.165, 1.54) is 6.33 Å². The molecule has 118 valence electrons. The number of hydrogen-bond acceptors (Lipinski definition) is 5. The number of aromatic nitrogens is 3. The molecule has 0 radical (unpaired) electrons. The SMILES string of the molecule is CC1CN(C(C)CNC(=O)CCn2cncn2)CC(C)O1. The number of hydrogen-bond donors (Lipinski definition) is 1. The molecule has 2 heterocycles. The van der Waals surface area contributed by atoms with Gasteiger partial charge in [0.15, 0.2) is 0 Å². The van der Waals surface area contributed by atoms with E-state index in [0.717, 1.165) is 13.1 Å². The first-order valence-corrected chi connectivity index (χ1v) is 7.53. The molecule has 1 fully saturated rings. The third-order valence-electron chi connectivity index (χ3n) is 3.70. The van der Waals surface area contributed by atoms with Crippen molar-refractivity contribution in [3.8, 4) is 0 Å². The molecule has 1 aliphatic rings. The van der Waals surface area contributed by atoms with Crippen molar-refractivity contribution in [2.24, 2.45) is 0 Å². The number of amides is 1. The van der Waals surface area contributed by atoms with Gasteiger partial charge in [-0.15, -0.1) is 0 Å². The van der Waals surface area contributed by atoms with Gasteiger partial charge < -0.3 is 10.1 Å². The largest absolute Gasteiger partial charge is 0.373 e. The smallest absolute Gasteiger partial charge is 0.221 e.